The maximum Gasteiger partial charge on any atom is 0.417 e. The standard InChI is InChI=1S/C54H62F3N9O8S/c1-32(34-7-9-35(10-8-34)46-33(2)59-31-75-46)60-48(68)45-22-40(67)26-64(45)49(69)47-52(3,4)23-37(61-47)25-62-17-19-72-42(27-62)28-63-18-20-73-43(29-63)30-74-41-15-13-38(14-16-41)66-51(71)65(50(70)53(66,5)6)39-12-11-36(24-58)44(21-39)54(55,56)57/h7-16,21,23,31-32,40,42-43,45,47,61,67H,17-20,22,25-30H2,1-6H3,(H,60,68)/t32-,40+,42?,43-,45-,47+/m0/s1. The van der Waals surface area contributed by atoms with Crippen LogP contribution in [0.1, 0.15) is 69.5 Å². The summed E-state index contributed by atoms with van der Waals surface area (Å²) in [5.74, 6) is -0.777. The average Bonchev–Trinajstić information content (AvgIpc) is 4.11. The van der Waals surface area contributed by atoms with Crippen molar-refractivity contribution in [2.75, 3.05) is 75.4 Å². The first-order chi connectivity index (χ1) is 35.6. The van der Waals surface area contributed by atoms with Crippen LogP contribution in [0.5, 0.6) is 5.75 Å². The normalized spacial score (nSPS) is 24.5. The molecule has 5 amide bonds. The van der Waals surface area contributed by atoms with Gasteiger partial charge in [-0.05, 0) is 81.3 Å². The van der Waals surface area contributed by atoms with E-state index in [0.717, 1.165) is 39.5 Å². The Labute approximate surface area is 437 Å². The van der Waals surface area contributed by atoms with Crippen LogP contribution < -0.4 is 25.2 Å². The van der Waals surface area contributed by atoms with Gasteiger partial charge in [-0.2, -0.15) is 18.4 Å². The van der Waals surface area contributed by atoms with Gasteiger partial charge in [-0.1, -0.05) is 44.2 Å². The van der Waals surface area contributed by atoms with Crippen molar-refractivity contribution >= 4 is 46.5 Å². The highest BCUT2D eigenvalue weighted by Gasteiger charge is 2.53. The quantitative estimate of drug-likeness (QED) is 0.120. The molecule has 0 bridgehead atoms. The van der Waals surface area contributed by atoms with E-state index in [1.807, 2.05) is 57.5 Å². The third kappa shape index (κ3) is 11.3. The van der Waals surface area contributed by atoms with Crippen molar-refractivity contribution in [3.63, 3.8) is 0 Å². The molecule has 4 fully saturated rings. The Balaban J connectivity index is 0.744. The fraction of sp³-hybridized carbons (Fsp3) is 0.481. The molecule has 9 rings (SSSR count). The number of aryl methyl sites for hydroxylation is 1. The van der Waals surface area contributed by atoms with Crippen LogP contribution in [0.4, 0.5) is 29.3 Å². The fourth-order valence-corrected chi connectivity index (χ4v) is 11.5. The number of carbonyl (C=O) groups is 4. The molecule has 398 valence electrons. The molecule has 1 unspecified atom stereocenters. The van der Waals surface area contributed by atoms with Gasteiger partial charge in [0.2, 0.25) is 11.8 Å². The van der Waals surface area contributed by atoms with Crippen molar-refractivity contribution in [1.29, 1.82) is 5.26 Å². The van der Waals surface area contributed by atoms with Crippen molar-refractivity contribution in [3.8, 4) is 22.3 Å². The predicted molar refractivity (Wildman–Crippen MR) is 274 cm³/mol. The van der Waals surface area contributed by atoms with Crippen LogP contribution in [0.15, 0.2) is 84.0 Å². The number of urea groups is 1. The van der Waals surface area contributed by atoms with Crippen molar-refractivity contribution in [3.05, 3.63) is 106 Å². The van der Waals surface area contributed by atoms with Gasteiger partial charge in [-0.25, -0.2) is 14.7 Å². The number of thiazole rings is 1. The molecule has 0 radical (unpaired) electrons. The topological polar surface area (TPSA) is 193 Å². The van der Waals surface area contributed by atoms with Crippen molar-refractivity contribution in [2.45, 2.75) is 96.1 Å². The monoisotopic (exact) mass is 1050 g/mol. The van der Waals surface area contributed by atoms with Crippen LogP contribution in [0.3, 0.4) is 0 Å². The van der Waals surface area contributed by atoms with Gasteiger partial charge in [-0.15, -0.1) is 11.3 Å². The number of imide groups is 1. The lowest BCUT2D eigenvalue weighted by molar-refractivity contribution is -0.141. The van der Waals surface area contributed by atoms with Crippen LogP contribution in [0, 0.1) is 23.7 Å². The molecule has 75 heavy (non-hydrogen) atoms. The van der Waals surface area contributed by atoms with E-state index in [1.165, 1.54) is 29.7 Å². The molecular formula is C54H62F3N9O8S. The number of halogens is 3. The summed E-state index contributed by atoms with van der Waals surface area (Å²) >= 11 is 1.58. The number of likely N-dealkylation sites (tertiary alicyclic amines) is 1. The second-order valence-electron chi connectivity index (χ2n) is 21.0. The van der Waals surface area contributed by atoms with E-state index < -0.39 is 58.4 Å². The second-order valence-corrected chi connectivity index (χ2v) is 21.9. The minimum Gasteiger partial charge on any atom is -0.491 e. The Morgan fingerprint density at radius 2 is 1.65 bits per heavy atom. The molecule has 3 aromatic carbocycles. The summed E-state index contributed by atoms with van der Waals surface area (Å²) in [4.78, 5) is 68.9. The Morgan fingerprint density at radius 3 is 2.33 bits per heavy atom. The van der Waals surface area contributed by atoms with E-state index in [1.54, 1.807) is 35.6 Å². The highest BCUT2D eigenvalue weighted by molar-refractivity contribution is 7.13. The number of aliphatic hydroxyl groups excluding tert-OH is 1. The molecule has 4 saturated heterocycles. The van der Waals surface area contributed by atoms with E-state index in [4.69, 9.17) is 14.2 Å². The number of amides is 5. The molecule has 0 saturated carbocycles. The van der Waals surface area contributed by atoms with Gasteiger partial charge in [0.05, 0.1) is 70.4 Å². The Kier molecular flexibility index (Phi) is 15.2. The minimum absolute atomic E-state index is 0.0712. The van der Waals surface area contributed by atoms with Gasteiger partial charge >= 0.3 is 12.2 Å². The second kappa shape index (κ2) is 21.3. The highest BCUT2D eigenvalue weighted by Crippen LogP contribution is 2.40. The van der Waals surface area contributed by atoms with E-state index in [9.17, 15) is 42.7 Å². The summed E-state index contributed by atoms with van der Waals surface area (Å²) in [5, 5.41) is 26.6. The molecule has 5 aliphatic rings. The molecule has 6 heterocycles. The van der Waals surface area contributed by atoms with E-state index >= 15 is 0 Å². The number of anilines is 2. The number of aliphatic hydroxyl groups is 1. The predicted octanol–water partition coefficient (Wildman–Crippen LogP) is 6.26. The molecule has 5 aliphatic heterocycles. The van der Waals surface area contributed by atoms with Crippen LogP contribution >= 0.6 is 11.3 Å². The number of ether oxygens (including phenoxy) is 3. The first-order valence-electron chi connectivity index (χ1n) is 25.1. The molecule has 1 aromatic heterocycles. The largest absolute Gasteiger partial charge is 0.491 e. The third-order valence-corrected chi connectivity index (χ3v) is 15.7. The zero-order valence-corrected chi connectivity index (χ0v) is 43.5. The number of nitrogens with one attached hydrogen (secondary N) is 2. The van der Waals surface area contributed by atoms with Gasteiger partial charge in [-0.3, -0.25) is 29.1 Å². The number of β-amino-alcohol motifs (C(OH)–C–C–N with tert-alkyl or cyclic N) is 1. The number of benzene rings is 3. The third-order valence-electron chi connectivity index (χ3n) is 14.7. The molecule has 0 aliphatic carbocycles. The lowest BCUT2D eigenvalue weighted by Crippen LogP contribution is -2.55. The first-order valence-corrected chi connectivity index (χ1v) is 26.0. The maximum atomic E-state index is 14.3. The molecule has 0 spiro atoms. The van der Waals surface area contributed by atoms with Crippen molar-refractivity contribution in [2.24, 2.45) is 5.41 Å². The van der Waals surface area contributed by atoms with Gasteiger partial charge in [0.25, 0.3) is 5.91 Å². The molecular weight excluding hydrogens is 992 g/mol. The van der Waals surface area contributed by atoms with Crippen molar-refractivity contribution < 1.29 is 51.7 Å². The molecule has 17 nitrogen and oxygen atoms in total. The smallest absolute Gasteiger partial charge is 0.417 e. The van der Waals surface area contributed by atoms with Crippen LogP contribution in [-0.4, -0.2) is 150 Å². The maximum absolute atomic E-state index is 14.3. The zero-order chi connectivity index (χ0) is 53.6. The van der Waals surface area contributed by atoms with E-state index in [-0.39, 0.29) is 55.3 Å². The summed E-state index contributed by atoms with van der Waals surface area (Å²) in [7, 11) is 0. The van der Waals surface area contributed by atoms with Gasteiger partial charge in [0, 0.05) is 69.0 Å². The number of hydrogen-bond acceptors (Lipinski definition) is 14. The first kappa shape index (κ1) is 53.4. The summed E-state index contributed by atoms with van der Waals surface area (Å²) in [5.41, 5.74) is 1.85. The summed E-state index contributed by atoms with van der Waals surface area (Å²) in [6.45, 7) is 16.1. The molecule has 4 aromatic rings. The average molecular weight is 1050 g/mol. The number of nitriles is 1. The highest BCUT2D eigenvalue weighted by atomic mass is 32.1. The van der Waals surface area contributed by atoms with Crippen LogP contribution in [0.2, 0.25) is 0 Å². The number of morpholine rings is 2. The zero-order valence-electron chi connectivity index (χ0n) is 42.7. The SMILES string of the molecule is Cc1ncsc1-c1ccc([C@H](C)NC(=O)[C@@H]2C[C@@H](O)CN2C(=O)[C@H]2NC(CN3CCOC(CN4CCO[C@H](COc5ccc(N6C(=O)N(c7ccc(C#N)c(C(F)(F)F)c7)C(=O)C6(C)C)cc5)C4)C3)=CC2(C)C)cc1. The van der Waals surface area contributed by atoms with Crippen molar-refractivity contribution in [1.82, 2.24) is 30.3 Å². The minimum atomic E-state index is -4.87. The summed E-state index contributed by atoms with van der Waals surface area (Å²) in [6, 6.07) is 16.2. The fourth-order valence-electron chi connectivity index (χ4n) is 10.7. The van der Waals surface area contributed by atoms with E-state index in [0.29, 0.717) is 74.9 Å². The van der Waals surface area contributed by atoms with Crippen LogP contribution in [0.25, 0.3) is 10.4 Å². The molecule has 21 heteroatoms. The van der Waals surface area contributed by atoms with Gasteiger partial charge in [0.1, 0.15) is 36.1 Å². The number of nitrogens with zero attached hydrogens (tertiary/aromatic N) is 7. The van der Waals surface area contributed by atoms with Gasteiger partial charge < -0.3 is 34.9 Å². The Hall–Kier alpha value is -6.41. The van der Waals surface area contributed by atoms with Crippen LogP contribution in [-0.2, 0) is 30.0 Å². The molecule has 6 atom stereocenters. The summed E-state index contributed by atoms with van der Waals surface area (Å²) in [6.07, 6.45) is -3.79. The lowest BCUT2D eigenvalue weighted by Gasteiger charge is -2.38. The number of carbonyl (C=O) groups excluding carboxylic acids is 4. The number of hydrogen-bond donors (Lipinski definition) is 3. The Bertz CT molecular complexity index is 2870. The number of alkyl halides is 3. The Morgan fingerprint density at radius 1 is 0.973 bits per heavy atom. The lowest BCUT2D eigenvalue weighted by atomic mass is 9.85. The number of rotatable bonds is 14. The van der Waals surface area contributed by atoms with Gasteiger partial charge in [0.15, 0.2) is 0 Å². The molecule has 3 N–H and O–H groups in total. The number of aromatic nitrogens is 1. The van der Waals surface area contributed by atoms with E-state index in [2.05, 4.69) is 31.5 Å². The summed E-state index contributed by atoms with van der Waals surface area (Å²) < 4.78 is 59.7.